The molecule has 0 aromatic carbocycles. The first-order chi connectivity index (χ1) is 10.4. The van der Waals surface area contributed by atoms with Crippen molar-refractivity contribution in [1.29, 1.82) is 0 Å². The zero-order chi connectivity index (χ0) is 16.8. The van der Waals surface area contributed by atoms with E-state index in [0.29, 0.717) is 32.6 Å². The maximum atomic E-state index is 11.4. The quantitative estimate of drug-likeness (QED) is 0.258. The molecule has 0 heterocycles. The van der Waals surface area contributed by atoms with Crippen molar-refractivity contribution in [3.05, 3.63) is 12.7 Å². The van der Waals surface area contributed by atoms with Gasteiger partial charge < -0.3 is 19.2 Å². The Morgan fingerprint density at radius 1 is 1.14 bits per heavy atom. The van der Waals surface area contributed by atoms with Crippen LogP contribution >= 0.6 is 0 Å². The Labute approximate surface area is 134 Å². The molecule has 0 rings (SSSR count). The summed E-state index contributed by atoms with van der Waals surface area (Å²) < 4.78 is 15.5. The molecule has 0 spiro atoms. The van der Waals surface area contributed by atoms with Crippen LogP contribution in [0, 0.1) is 0 Å². The number of rotatable bonds is 12. The summed E-state index contributed by atoms with van der Waals surface area (Å²) in [5, 5.41) is 2.72. The highest BCUT2D eigenvalue weighted by atomic mass is 28.4. The monoisotopic (exact) mass is 331 g/mol. The number of carbonyl (C=O) groups excluding carboxylic acids is 2. The van der Waals surface area contributed by atoms with Gasteiger partial charge in [-0.25, -0.2) is 9.59 Å². The van der Waals surface area contributed by atoms with Gasteiger partial charge in [0.2, 0.25) is 0 Å². The van der Waals surface area contributed by atoms with Gasteiger partial charge in [0.1, 0.15) is 0 Å². The third-order valence-corrected chi connectivity index (χ3v) is 5.57. The molecule has 0 aromatic rings. The van der Waals surface area contributed by atoms with Crippen LogP contribution in [0.5, 0.6) is 0 Å². The topological polar surface area (TPSA) is 73.9 Å². The Bertz CT molecular complexity index is 347. The van der Waals surface area contributed by atoms with Crippen LogP contribution in [0.1, 0.15) is 26.2 Å². The van der Waals surface area contributed by atoms with Crippen LogP contribution in [-0.4, -0.2) is 46.7 Å². The maximum Gasteiger partial charge on any atom is 0.407 e. The van der Waals surface area contributed by atoms with E-state index in [1.165, 1.54) is 0 Å². The lowest BCUT2D eigenvalue weighted by atomic mass is 10.3. The van der Waals surface area contributed by atoms with Crippen molar-refractivity contribution in [2.24, 2.45) is 0 Å². The average Bonchev–Trinajstić information content (AvgIpc) is 2.46. The summed E-state index contributed by atoms with van der Waals surface area (Å²) in [6.07, 6.45) is 2.92. The normalized spacial score (nSPS) is 10.9. The SMILES string of the molecule is C=CC(=O)OCCCCOC(=O)NCCC[Si](C)(C)OCC. The fourth-order valence-electron chi connectivity index (χ4n) is 1.82. The molecule has 1 N–H and O–H groups in total. The van der Waals surface area contributed by atoms with Crippen molar-refractivity contribution in [2.45, 2.75) is 45.3 Å². The highest BCUT2D eigenvalue weighted by Crippen LogP contribution is 2.12. The summed E-state index contributed by atoms with van der Waals surface area (Å²) in [6, 6.07) is 1.01. The van der Waals surface area contributed by atoms with E-state index in [1.807, 2.05) is 6.92 Å². The van der Waals surface area contributed by atoms with E-state index < -0.39 is 20.4 Å². The number of ether oxygens (including phenoxy) is 2. The number of carbonyl (C=O) groups is 2. The van der Waals surface area contributed by atoms with Gasteiger partial charge >= 0.3 is 12.1 Å². The van der Waals surface area contributed by atoms with Crippen LogP contribution in [0.15, 0.2) is 12.7 Å². The second-order valence-electron chi connectivity index (χ2n) is 5.44. The number of unbranched alkanes of at least 4 members (excludes halogenated alkanes) is 1. The molecule has 128 valence electrons. The maximum absolute atomic E-state index is 11.4. The van der Waals surface area contributed by atoms with Gasteiger partial charge in [-0.3, -0.25) is 0 Å². The Morgan fingerprint density at radius 3 is 2.36 bits per heavy atom. The molecule has 0 aliphatic rings. The fourth-order valence-corrected chi connectivity index (χ4v) is 3.77. The van der Waals surface area contributed by atoms with Crippen LogP contribution in [-0.2, 0) is 18.7 Å². The molecule has 0 saturated carbocycles. The number of hydrogen-bond donors (Lipinski definition) is 1. The Kier molecular flexibility index (Phi) is 11.5. The molecule has 0 aliphatic carbocycles. The Balaban J connectivity index is 3.47. The van der Waals surface area contributed by atoms with Gasteiger partial charge in [0.25, 0.3) is 0 Å². The lowest BCUT2D eigenvalue weighted by molar-refractivity contribution is -0.137. The zero-order valence-corrected chi connectivity index (χ0v) is 15.0. The molecule has 7 heteroatoms. The molecule has 6 nitrogen and oxygen atoms in total. The van der Waals surface area contributed by atoms with Crippen molar-refractivity contribution in [2.75, 3.05) is 26.4 Å². The molecule has 0 radical (unpaired) electrons. The minimum atomic E-state index is -1.57. The van der Waals surface area contributed by atoms with E-state index in [4.69, 9.17) is 13.9 Å². The Hall–Kier alpha value is -1.34. The average molecular weight is 331 g/mol. The summed E-state index contributed by atoms with van der Waals surface area (Å²) in [5.74, 6) is -0.433. The number of hydrogen-bond acceptors (Lipinski definition) is 5. The molecule has 0 atom stereocenters. The van der Waals surface area contributed by atoms with Gasteiger partial charge in [0.05, 0.1) is 13.2 Å². The van der Waals surface area contributed by atoms with Gasteiger partial charge in [-0.05, 0) is 45.3 Å². The highest BCUT2D eigenvalue weighted by molar-refractivity contribution is 6.71. The lowest BCUT2D eigenvalue weighted by Crippen LogP contribution is -2.32. The highest BCUT2D eigenvalue weighted by Gasteiger charge is 2.20. The van der Waals surface area contributed by atoms with Crippen LogP contribution in [0.4, 0.5) is 4.79 Å². The van der Waals surface area contributed by atoms with Gasteiger partial charge in [-0.15, -0.1) is 0 Å². The third-order valence-electron chi connectivity index (χ3n) is 2.94. The van der Waals surface area contributed by atoms with Crippen LogP contribution in [0.2, 0.25) is 19.1 Å². The molecular weight excluding hydrogens is 302 g/mol. The molecule has 1 amide bonds. The summed E-state index contributed by atoms with van der Waals surface area (Å²) in [4.78, 5) is 22.2. The van der Waals surface area contributed by atoms with Crippen LogP contribution in [0.25, 0.3) is 0 Å². The number of amides is 1. The largest absolute Gasteiger partial charge is 0.463 e. The summed E-state index contributed by atoms with van der Waals surface area (Å²) in [6.45, 7) is 11.6. The van der Waals surface area contributed by atoms with E-state index in [9.17, 15) is 9.59 Å². The van der Waals surface area contributed by atoms with E-state index in [0.717, 1.165) is 25.1 Å². The van der Waals surface area contributed by atoms with E-state index in [-0.39, 0.29) is 0 Å². The van der Waals surface area contributed by atoms with E-state index in [2.05, 4.69) is 25.0 Å². The summed E-state index contributed by atoms with van der Waals surface area (Å²) in [7, 11) is -1.57. The van der Waals surface area contributed by atoms with Crippen molar-refractivity contribution < 1.29 is 23.5 Å². The fraction of sp³-hybridized carbons (Fsp3) is 0.733. The molecule has 0 saturated heterocycles. The first-order valence-corrected chi connectivity index (χ1v) is 10.9. The minimum absolute atomic E-state index is 0.312. The van der Waals surface area contributed by atoms with Gasteiger partial charge in [-0.1, -0.05) is 6.58 Å². The smallest absolute Gasteiger partial charge is 0.407 e. The molecule has 0 fully saturated rings. The molecule has 0 aromatic heterocycles. The van der Waals surface area contributed by atoms with E-state index >= 15 is 0 Å². The van der Waals surface area contributed by atoms with Crippen molar-refractivity contribution >= 4 is 20.4 Å². The van der Waals surface area contributed by atoms with Gasteiger partial charge in [0.15, 0.2) is 8.32 Å². The Morgan fingerprint density at radius 2 is 1.77 bits per heavy atom. The van der Waals surface area contributed by atoms with Crippen molar-refractivity contribution in [3.8, 4) is 0 Å². The standard InChI is InChI=1S/C15H29NO5Si/c1-5-14(17)19-11-7-8-12-20-15(18)16-10-9-13-22(3,4)21-6-2/h5H,1,6-13H2,2-4H3,(H,16,18). The number of alkyl carbamates (subject to hydrolysis) is 1. The van der Waals surface area contributed by atoms with Gasteiger partial charge in [0, 0.05) is 19.2 Å². The first-order valence-electron chi connectivity index (χ1n) is 7.75. The first kappa shape index (κ1) is 20.7. The minimum Gasteiger partial charge on any atom is -0.463 e. The summed E-state index contributed by atoms with van der Waals surface area (Å²) in [5.41, 5.74) is 0. The van der Waals surface area contributed by atoms with Gasteiger partial charge in [-0.2, -0.15) is 0 Å². The number of nitrogens with one attached hydrogen (secondary N) is 1. The lowest BCUT2D eigenvalue weighted by Gasteiger charge is -2.21. The van der Waals surface area contributed by atoms with Crippen LogP contribution in [0.3, 0.4) is 0 Å². The molecule has 0 unspecified atom stereocenters. The molecule has 0 bridgehead atoms. The van der Waals surface area contributed by atoms with Crippen LogP contribution < -0.4 is 5.32 Å². The van der Waals surface area contributed by atoms with E-state index in [1.54, 1.807) is 0 Å². The van der Waals surface area contributed by atoms with Crippen molar-refractivity contribution in [1.82, 2.24) is 5.32 Å². The predicted molar refractivity (Wildman–Crippen MR) is 88.3 cm³/mol. The predicted octanol–water partition coefficient (Wildman–Crippen LogP) is 2.85. The number of esters is 1. The second kappa shape index (κ2) is 12.2. The third kappa shape index (κ3) is 12.4. The summed E-state index contributed by atoms with van der Waals surface area (Å²) >= 11 is 0. The molecular formula is C15H29NO5Si. The van der Waals surface area contributed by atoms with Crippen molar-refractivity contribution in [3.63, 3.8) is 0 Å². The second-order valence-corrected chi connectivity index (χ2v) is 9.75. The zero-order valence-electron chi connectivity index (χ0n) is 14.0. The molecule has 22 heavy (non-hydrogen) atoms. The molecule has 0 aliphatic heterocycles.